The third-order valence-corrected chi connectivity index (χ3v) is 8.17. The van der Waals surface area contributed by atoms with Crippen LogP contribution in [0.4, 0.5) is 9.93 Å². The van der Waals surface area contributed by atoms with Gasteiger partial charge < -0.3 is 9.64 Å². The molecule has 2 heterocycles. The van der Waals surface area contributed by atoms with E-state index >= 15 is 0 Å². The summed E-state index contributed by atoms with van der Waals surface area (Å²) in [6.07, 6.45) is 9.77. The first kappa shape index (κ1) is 20.8. The maximum absolute atomic E-state index is 13.1. The molecule has 0 radical (unpaired) electrons. The van der Waals surface area contributed by atoms with Crippen LogP contribution in [-0.4, -0.2) is 58.3 Å². The number of methoxy groups -OCH3 is 1. The van der Waals surface area contributed by atoms with Crippen LogP contribution in [0, 0.1) is 0 Å². The van der Waals surface area contributed by atoms with Gasteiger partial charge in [0, 0.05) is 12.1 Å². The summed E-state index contributed by atoms with van der Waals surface area (Å²) < 4.78 is 5.55. The Labute approximate surface area is 173 Å². The van der Waals surface area contributed by atoms with Crippen molar-refractivity contribution in [1.82, 2.24) is 9.88 Å². The van der Waals surface area contributed by atoms with Crippen LogP contribution in [-0.2, 0) is 9.53 Å². The molecule has 2 fully saturated rings. The zero-order valence-corrected chi connectivity index (χ0v) is 18.1. The normalized spacial score (nSPS) is 18.9. The minimum Gasteiger partial charge on any atom is -0.468 e. The average Bonchev–Trinajstić information content (AvgIpc) is 3.15. The Morgan fingerprint density at radius 3 is 2.63 bits per heavy atom. The number of thioether (sulfide) groups is 2. The summed E-state index contributed by atoms with van der Waals surface area (Å²) in [5.41, 5.74) is 0. The Bertz CT molecular complexity index is 610. The maximum atomic E-state index is 13.1. The third kappa shape index (κ3) is 6.02. The van der Waals surface area contributed by atoms with E-state index in [1.165, 1.54) is 49.5 Å². The van der Waals surface area contributed by atoms with E-state index in [1.54, 1.807) is 6.20 Å². The molecular formula is C18H27N3O3S3. The minimum atomic E-state index is -0.266. The number of nitrogens with zero attached hydrogens (tertiary/aromatic N) is 2. The quantitative estimate of drug-likeness (QED) is 0.531. The van der Waals surface area contributed by atoms with Gasteiger partial charge in [0.2, 0.25) is 0 Å². The molecule has 0 atom stereocenters. The van der Waals surface area contributed by atoms with Crippen LogP contribution < -0.4 is 5.32 Å². The molecule has 0 bridgehead atoms. The maximum Gasteiger partial charge on any atom is 0.324 e. The molecule has 0 spiro atoms. The topological polar surface area (TPSA) is 71.5 Å². The van der Waals surface area contributed by atoms with Crippen LogP contribution in [0.3, 0.4) is 0 Å². The van der Waals surface area contributed by atoms with Crippen molar-refractivity contribution in [3.05, 3.63) is 6.20 Å². The molecule has 1 aliphatic carbocycles. The summed E-state index contributed by atoms with van der Waals surface area (Å²) in [7, 11) is 1.38. The van der Waals surface area contributed by atoms with E-state index in [4.69, 9.17) is 0 Å². The van der Waals surface area contributed by atoms with E-state index in [9.17, 15) is 9.59 Å². The van der Waals surface area contributed by atoms with Crippen LogP contribution in [0.5, 0.6) is 0 Å². The Kier molecular flexibility index (Phi) is 8.14. The molecule has 27 heavy (non-hydrogen) atoms. The summed E-state index contributed by atoms with van der Waals surface area (Å²) in [6.45, 7) is 0. The first-order chi connectivity index (χ1) is 13.2. The van der Waals surface area contributed by atoms with E-state index in [0.29, 0.717) is 17.2 Å². The fourth-order valence-electron chi connectivity index (χ4n) is 3.68. The number of hydrogen-bond donors (Lipinski definition) is 1. The Morgan fingerprint density at radius 2 is 1.93 bits per heavy atom. The highest BCUT2D eigenvalue weighted by atomic mass is 32.2. The molecule has 3 rings (SSSR count). The molecule has 0 aromatic carbocycles. The van der Waals surface area contributed by atoms with E-state index in [2.05, 4.69) is 19.9 Å². The van der Waals surface area contributed by atoms with Gasteiger partial charge in [-0.1, -0.05) is 30.6 Å². The lowest BCUT2D eigenvalue weighted by molar-refractivity contribution is -0.137. The number of ether oxygens (including phenoxy) is 1. The minimum absolute atomic E-state index is 0.0160. The molecule has 1 aromatic rings. The summed E-state index contributed by atoms with van der Waals surface area (Å²) in [4.78, 5) is 30.8. The fraction of sp³-hybridized carbons (Fsp3) is 0.722. The van der Waals surface area contributed by atoms with Crippen LogP contribution in [0.15, 0.2) is 10.4 Å². The largest absolute Gasteiger partial charge is 0.468 e. The number of esters is 1. The van der Waals surface area contributed by atoms with Crippen LogP contribution >= 0.6 is 34.9 Å². The van der Waals surface area contributed by atoms with E-state index in [1.807, 2.05) is 11.8 Å². The number of carbonyl (C=O) groups is 2. The van der Waals surface area contributed by atoms with Gasteiger partial charge in [0.15, 0.2) is 5.13 Å². The SMILES string of the molecule is COC(=O)CSc1cnc(NC(=O)N(C2CCCCC2)C2CCSCC2)s1. The van der Waals surface area contributed by atoms with Crippen molar-refractivity contribution in [1.29, 1.82) is 0 Å². The number of amides is 2. The highest BCUT2D eigenvalue weighted by molar-refractivity contribution is 8.01. The van der Waals surface area contributed by atoms with Crippen molar-refractivity contribution in [3.63, 3.8) is 0 Å². The average molecular weight is 430 g/mol. The molecule has 2 aliphatic rings. The number of urea groups is 1. The first-order valence-corrected chi connectivity index (χ1v) is 12.5. The molecule has 1 aliphatic heterocycles. The van der Waals surface area contributed by atoms with Gasteiger partial charge >= 0.3 is 12.0 Å². The van der Waals surface area contributed by atoms with E-state index in [-0.39, 0.29) is 17.8 Å². The zero-order chi connectivity index (χ0) is 19.1. The zero-order valence-electron chi connectivity index (χ0n) is 15.6. The number of aromatic nitrogens is 1. The van der Waals surface area contributed by atoms with Crippen molar-refractivity contribution < 1.29 is 14.3 Å². The Hall–Kier alpha value is -0.930. The number of hydrogen-bond acceptors (Lipinski definition) is 7. The molecular weight excluding hydrogens is 402 g/mol. The van der Waals surface area contributed by atoms with Crippen molar-refractivity contribution in [2.24, 2.45) is 0 Å². The molecule has 1 aromatic heterocycles. The Balaban J connectivity index is 1.63. The van der Waals surface area contributed by atoms with Crippen LogP contribution in [0.1, 0.15) is 44.9 Å². The van der Waals surface area contributed by atoms with Crippen molar-refractivity contribution in [2.45, 2.75) is 61.2 Å². The summed E-state index contributed by atoms with van der Waals surface area (Å²) in [6, 6.07) is 0.667. The van der Waals surface area contributed by atoms with Crippen molar-refractivity contribution in [2.75, 3.05) is 29.7 Å². The van der Waals surface area contributed by atoms with Crippen LogP contribution in [0.25, 0.3) is 0 Å². The second-order valence-electron chi connectivity index (χ2n) is 6.82. The smallest absolute Gasteiger partial charge is 0.324 e. The fourth-order valence-corrected chi connectivity index (χ4v) is 6.46. The molecule has 9 heteroatoms. The summed E-state index contributed by atoms with van der Waals surface area (Å²) in [5.74, 6) is 2.25. The second-order valence-corrected chi connectivity index (χ2v) is 10.4. The van der Waals surface area contributed by atoms with Gasteiger partial charge in [0.25, 0.3) is 0 Å². The standard InChI is InChI=1S/C18H27N3O3S3/c1-24-15(22)12-26-16-11-19-17(27-16)20-18(23)21(13-5-3-2-4-6-13)14-7-9-25-10-8-14/h11,13-14H,2-10,12H2,1H3,(H,19,20,23). The molecule has 150 valence electrons. The molecule has 1 saturated heterocycles. The molecule has 6 nitrogen and oxygen atoms in total. The number of anilines is 1. The third-order valence-electron chi connectivity index (χ3n) is 5.05. The number of nitrogens with one attached hydrogen (secondary N) is 1. The number of carbonyl (C=O) groups excluding carboxylic acids is 2. The predicted molar refractivity (Wildman–Crippen MR) is 113 cm³/mol. The highest BCUT2D eigenvalue weighted by Crippen LogP contribution is 2.32. The Morgan fingerprint density at radius 1 is 1.22 bits per heavy atom. The van der Waals surface area contributed by atoms with Gasteiger partial charge in [0.05, 0.1) is 23.3 Å². The summed E-state index contributed by atoms with van der Waals surface area (Å²) >= 11 is 4.77. The molecule has 2 amide bonds. The lowest BCUT2D eigenvalue weighted by atomic mass is 9.92. The number of thiazole rings is 1. The van der Waals surface area contributed by atoms with Gasteiger partial charge in [-0.25, -0.2) is 9.78 Å². The number of rotatable bonds is 6. The van der Waals surface area contributed by atoms with Crippen molar-refractivity contribution in [3.8, 4) is 0 Å². The first-order valence-electron chi connectivity index (χ1n) is 9.50. The van der Waals surface area contributed by atoms with Gasteiger partial charge in [-0.15, -0.1) is 11.8 Å². The van der Waals surface area contributed by atoms with Crippen LogP contribution in [0.2, 0.25) is 0 Å². The molecule has 1 N–H and O–H groups in total. The predicted octanol–water partition coefficient (Wildman–Crippen LogP) is 4.47. The molecule has 0 unspecified atom stereocenters. The lowest BCUT2D eigenvalue weighted by Gasteiger charge is -2.41. The van der Waals surface area contributed by atoms with E-state index < -0.39 is 0 Å². The summed E-state index contributed by atoms with van der Waals surface area (Å²) in [5, 5.41) is 3.61. The monoisotopic (exact) mass is 429 g/mol. The lowest BCUT2D eigenvalue weighted by Crippen LogP contribution is -2.51. The highest BCUT2D eigenvalue weighted by Gasteiger charge is 2.33. The van der Waals surface area contributed by atoms with Gasteiger partial charge in [-0.05, 0) is 37.2 Å². The second kappa shape index (κ2) is 10.6. The molecule has 1 saturated carbocycles. The van der Waals surface area contributed by atoms with Gasteiger partial charge in [-0.3, -0.25) is 10.1 Å². The van der Waals surface area contributed by atoms with Gasteiger partial charge in [-0.2, -0.15) is 11.8 Å². The van der Waals surface area contributed by atoms with E-state index in [0.717, 1.165) is 41.4 Å². The van der Waals surface area contributed by atoms with Crippen molar-refractivity contribution >= 4 is 52.0 Å². The van der Waals surface area contributed by atoms with Gasteiger partial charge in [0.1, 0.15) is 0 Å².